The summed E-state index contributed by atoms with van der Waals surface area (Å²) in [6, 6.07) is 14.1. The Morgan fingerprint density at radius 1 is 1.23 bits per heavy atom. The van der Waals surface area contributed by atoms with E-state index in [9.17, 15) is 10.4 Å². The van der Waals surface area contributed by atoms with E-state index in [2.05, 4.69) is 21.0 Å². The number of rotatable bonds is 6. The van der Waals surface area contributed by atoms with E-state index in [-0.39, 0.29) is 6.61 Å². The molecule has 0 aliphatic heterocycles. The highest BCUT2D eigenvalue weighted by Crippen LogP contribution is 2.38. The first kappa shape index (κ1) is 20.3. The molecule has 0 saturated carbocycles. The molecule has 0 saturated heterocycles. The number of benzene rings is 1. The molecule has 0 aliphatic rings. The molecule has 154 valence electrons. The first-order valence-corrected chi connectivity index (χ1v) is 9.96. The Labute approximate surface area is 180 Å². The Balaban J connectivity index is 2.07. The summed E-state index contributed by atoms with van der Waals surface area (Å²) in [5.74, 6) is 0.373. The molecule has 7 nitrogen and oxygen atoms in total. The van der Waals surface area contributed by atoms with Crippen molar-refractivity contribution in [2.45, 2.75) is 19.9 Å². The highest BCUT2D eigenvalue weighted by molar-refractivity contribution is 6.06. The topological polar surface area (TPSA) is 114 Å². The summed E-state index contributed by atoms with van der Waals surface area (Å²) in [5.41, 5.74) is 11.9. The van der Waals surface area contributed by atoms with Crippen LogP contribution in [-0.2, 0) is 6.54 Å². The molecule has 1 aromatic carbocycles. The summed E-state index contributed by atoms with van der Waals surface area (Å²) >= 11 is 0. The van der Waals surface area contributed by atoms with Gasteiger partial charge in [0.1, 0.15) is 17.8 Å². The van der Waals surface area contributed by atoms with Gasteiger partial charge in [0, 0.05) is 36.7 Å². The molecule has 0 atom stereocenters. The molecule has 0 amide bonds. The van der Waals surface area contributed by atoms with E-state index in [1.165, 1.54) is 6.33 Å². The number of hydrogen-bond donors (Lipinski definition) is 2. The van der Waals surface area contributed by atoms with Gasteiger partial charge in [0.15, 0.2) is 0 Å². The lowest BCUT2D eigenvalue weighted by atomic mass is 9.99. The fourth-order valence-electron chi connectivity index (χ4n) is 3.67. The fraction of sp³-hybridized carbons (Fsp3) is 0.167. The van der Waals surface area contributed by atoms with Gasteiger partial charge in [-0.3, -0.25) is 4.98 Å². The van der Waals surface area contributed by atoms with Crippen LogP contribution in [0.3, 0.4) is 0 Å². The van der Waals surface area contributed by atoms with E-state index in [1.54, 1.807) is 18.5 Å². The Morgan fingerprint density at radius 3 is 2.71 bits per heavy atom. The van der Waals surface area contributed by atoms with Crippen LogP contribution in [0.1, 0.15) is 23.2 Å². The monoisotopic (exact) mass is 410 g/mol. The lowest BCUT2D eigenvalue weighted by Crippen LogP contribution is -2.04. The summed E-state index contributed by atoms with van der Waals surface area (Å²) < 4.78 is 1.99. The smallest absolute Gasteiger partial charge is 0.146 e. The van der Waals surface area contributed by atoms with E-state index >= 15 is 0 Å². The number of aromatic nitrogens is 4. The van der Waals surface area contributed by atoms with Crippen molar-refractivity contribution in [3.05, 3.63) is 71.9 Å². The van der Waals surface area contributed by atoms with Gasteiger partial charge >= 0.3 is 0 Å². The molecule has 4 aromatic rings. The number of nitrogen functional groups attached to an aromatic ring is 1. The number of anilines is 1. The van der Waals surface area contributed by atoms with Crippen LogP contribution in [0.5, 0.6) is 0 Å². The van der Waals surface area contributed by atoms with Crippen LogP contribution in [0.15, 0.2) is 55.1 Å². The van der Waals surface area contributed by atoms with Gasteiger partial charge in [-0.15, -0.1) is 0 Å². The number of nitriles is 1. The number of hydrogen-bond acceptors (Lipinski definition) is 6. The Bertz CT molecular complexity index is 1280. The van der Waals surface area contributed by atoms with Gasteiger partial charge in [0.25, 0.3) is 0 Å². The summed E-state index contributed by atoms with van der Waals surface area (Å²) in [5, 5.41) is 20.1. The van der Waals surface area contributed by atoms with Crippen molar-refractivity contribution in [3.63, 3.8) is 0 Å². The Morgan fingerprint density at radius 2 is 2.03 bits per heavy atom. The zero-order valence-corrected chi connectivity index (χ0v) is 17.2. The van der Waals surface area contributed by atoms with Crippen LogP contribution >= 0.6 is 0 Å². The molecule has 0 spiro atoms. The van der Waals surface area contributed by atoms with Crippen molar-refractivity contribution in [2.24, 2.45) is 0 Å². The lowest BCUT2D eigenvalue weighted by molar-refractivity contribution is 0.280. The molecule has 0 unspecified atom stereocenters. The second kappa shape index (κ2) is 8.78. The van der Waals surface area contributed by atoms with E-state index in [1.807, 2.05) is 47.9 Å². The normalized spacial score (nSPS) is 11.6. The van der Waals surface area contributed by atoms with Crippen LogP contribution in [0.2, 0.25) is 0 Å². The number of allylic oxidation sites excluding steroid dienone is 1. The van der Waals surface area contributed by atoms with Gasteiger partial charge in [0.2, 0.25) is 0 Å². The van der Waals surface area contributed by atoms with E-state index in [0.717, 1.165) is 33.3 Å². The second-order valence-corrected chi connectivity index (χ2v) is 7.22. The van der Waals surface area contributed by atoms with Crippen molar-refractivity contribution >= 4 is 28.5 Å². The summed E-state index contributed by atoms with van der Waals surface area (Å²) in [4.78, 5) is 12.8. The molecule has 0 radical (unpaired) electrons. The van der Waals surface area contributed by atoms with Crippen molar-refractivity contribution in [1.29, 1.82) is 5.26 Å². The predicted molar refractivity (Wildman–Crippen MR) is 122 cm³/mol. The number of fused-ring (bicyclic) bond motifs is 1. The van der Waals surface area contributed by atoms with Crippen LogP contribution in [-0.4, -0.2) is 31.2 Å². The minimum absolute atomic E-state index is 0.0387. The quantitative estimate of drug-likeness (QED) is 0.467. The molecule has 4 rings (SSSR count). The van der Waals surface area contributed by atoms with Crippen molar-refractivity contribution in [3.8, 4) is 17.2 Å². The summed E-state index contributed by atoms with van der Waals surface area (Å²) in [6.45, 7) is 2.59. The maximum atomic E-state index is 9.89. The van der Waals surface area contributed by atoms with Crippen molar-refractivity contribution < 1.29 is 5.11 Å². The number of pyridine rings is 1. The van der Waals surface area contributed by atoms with E-state index < -0.39 is 0 Å². The first-order valence-electron chi connectivity index (χ1n) is 9.96. The zero-order chi connectivity index (χ0) is 21.8. The molecule has 3 aromatic heterocycles. The fourth-order valence-corrected chi connectivity index (χ4v) is 3.67. The van der Waals surface area contributed by atoms with Gasteiger partial charge in [-0.1, -0.05) is 35.9 Å². The van der Waals surface area contributed by atoms with Gasteiger partial charge < -0.3 is 15.4 Å². The van der Waals surface area contributed by atoms with Gasteiger partial charge in [-0.2, -0.15) is 5.26 Å². The predicted octanol–water partition coefficient (Wildman–Crippen LogP) is 3.83. The van der Waals surface area contributed by atoms with Crippen molar-refractivity contribution in [1.82, 2.24) is 19.5 Å². The largest absolute Gasteiger partial charge is 0.396 e. The summed E-state index contributed by atoms with van der Waals surface area (Å²) in [7, 11) is 0. The molecule has 3 heterocycles. The third-order valence-electron chi connectivity index (χ3n) is 5.16. The Kier molecular flexibility index (Phi) is 5.74. The minimum atomic E-state index is 0.0387. The molecule has 0 aliphatic carbocycles. The van der Waals surface area contributed by atoms with Gasteiger partial charge in [0.05, 0.1) is 22.7 Å². The average Bonchev–Trinajstić information content (AvgIpc) is 3.11. The van der Waals surface area contributed by atoms with Crippen LogP contribution < -0.4 is 5.73 Å². The minimum Gasteiger partial charge on any atom is -0.396 e. The number of aryl methyl sites for hydroxylation is 2. The molecule has 31 heavy (non-hydrogen) atoms. The number of aliphatic hydroxyl groups is 1. The molecule has 0 fully saturated rings. The molecular formula is C24H22N6O. The Hall–Kier alpha value is -4.02. The second-order valence-electron chi connectivity index (χ2n) is 7.22. The third kappa shape index (κ3) is 3.89. The third-order valence-corrected chi connectivity index (χ3v) is 5.16. The molecule has 3 N–H and O–H groups in total. The maximum Gasteiger partial charge on any atom is 0.146 e. The number of aliphatic hydroxyl groups excluding tert-OH is 1. The summed E-state index contributed by atoms with van der Waals surface area (Å²) in [6.07, 6.45) is 7.15. The zero-order valence-electron chi connectivity index (χ0n) is 17.2. The standard InChI is InChI=1S/C24H22N6O/c1-16-5-7-17(8-6-16)21-20(12-19(13-25)18-4-2-9-27-14-18)30(10-3-11-31)24-22(21)23(26)28-15-29-24/h2,4-9,12,14-15,31H,3,10-11H2,1H3,(H2,26,28,29). The first-order chi connectivity index (χ1) is 15.1. The van der Waals surface area contributed by atoms with E-state index in [0.29, 0.717) is 30.0 Å². The molecule has 0 bridgehead atoms. The van der Waals surface area contributed by atoms with Crippen molar-refractivity contribution in [2.75, 3.05) is 12.3 Å². The highest BCUT2D eigenvalue weighted by atomic mass is 16.3. The van der Waals surface area contributed by atoms with E-state index in [4.69, 9.17) is 5.73 Å². The SMILES string of the molecule is Cc1ccc(-c2c(C=C(C#N)c3cccnc3)n(CCCO)c3ncnc(N)c23)cc1. The molecule has 7 heteroatoms. The van der Waals surface area contributed by atoms with Crippen LogP contribution in [0.4, 0.5) is 5.82 Å². The van der Waals surface area contributed by atoms with Gasteiger partial charge in [-0.25, -0.2) is 9.97 Å². The maximum absolute atomic E-state index is 9.89. The highest BCUT2D eigenvalue weighted by Gasteiger charge is 2.21. The van der Waals surface area contributed by atoms with Crippen LogP contribution in [0, 0.1) is 18.3 Å². The lowest BCUT2D eigenvalue weighted by Gasteiger charge is -2.10. The average molecular weight is 410 g/mol. The van der Waals surface area contributed by atoms with Gasteiger partial charge in [-0.05, 0) is 31.1 Å². The van der Waals surface area contributed by atoms with Crippen LogP contribution in [0.25, 0.3) is 33.8 Å². The number of nitrogens with two attached hydrogens (primary N) is 1. The molecular weight excluding hydrogens is 388 g/mol. The number of nitrogens with zero attached hydrogens (tertiary/aromatic N) is 5.